The van der Waals surface area contributed by atoms with E-state index in [1.807, 2.05) is 0 Å². The molecule has 1 heterocycles. The Kier molecular flexibility index (Phi) is 16.0. The monoisotopic (exact) mass is 506 g/mol. The Morgan fingerprint density at radius 2 is 1.03 bits per heavy atom. The number of carbonyl (C=O) groups is 4. The third-order valence-corrected chi connectivity index (χ3v) is 5.50. The molecular weight excluding hydrogens is 468 g/mol. The van der Waals surface area contributed by atoms with Crippen LogP contribution >= 0.6 is 0 Å². The molecule has 0 spiro atoms. The number of hydrogen-bond donors (Lipinski definition) is 4. The first-order chi connectivity index (χ1) is 16.7. The second-order valence-electron chi connectivity index (χ2n) is 8.16. The molecule has 0 aromatic heterocycles. The summed E-state index contributed by atoms with van der Waals surface area (Å²) in [6, 6.07) is -0.754. The van der Waals surface area contributed by atoms with E-state index in [0.717, 1.165) is 0 Å². The lowest BCUT2D eigenvalue weighted by atomic mass is 10.2. The van der Waals surface area contributed by atoms with Gasteiger partial charge in [-0.2, -0.15) is 0 Å². The van der Waals surface area contributed by atoms with Gasteiger partial charge in [-0.3, -0.25) is 34.0 Å². The van der Waals surface area contributed by atoms with Gasteiger partial charge in [-0.15, -0.1) is 0 Å². The maximum absolute atomic E-state index is 11.4. The molecular formula is C21H38N4O10. The van der Waals surface area contributed by atoms with Crippen molar-refractivity contribution in [2.45, 2.75) is 6.04 Å². The van der Waals surface area contributed by atoms with Crippen molar-refractivity contribution >= 4 is 24.2 Å². The highest BCUT2D eigenvalue weighted by molar-refractivity contribution is 5.69. The van der Waals surface area contributed by atoms with Crippen molar-refractivity contribution < 1.29 is 49.1 Å². The first kappa shape index (κ1) is 30.8. The van der Waals surface area contributed by atoms with Crippen LogP contribution in [0.2, 0.25) is 0 Å². The molecule has 1 saturated heterocycles. The van der Waals surface area contributed by atoms with Crippen LogP contribution in [0.5, 0.6) is 0 Å². The van der Waals surface area contributed by atoms with Gasteiger partial charge in [0.05, 0.1) is 58.7 Å². The van der Waals surface area contributed by atoms with Gasteiger partial charge in [0.2, 0.25) is 0 Å². The van der Waals surface area contributed by atoms with Crippen LogP contribution in [0.4, 0.5) is 0 Å². The van der Waals surface area contributed by atoms with Crippen molar-refractivity contribution in [1.82, 2.24) is 19.6 Å². The Hall–Kier alpha value is -2.20. The highest BCUT2D eigenvalue weighted by atomic mass is 16.5. The first-order valence-corrected chi connectivity index (χ1v) is 11.5. The van der Waals surface area contributed by atoms with E-state index in [0.29, 0.717) is 58.6 Å². The third-order valence-electron chi connectivity index (χ3n) is 5.50. The highest BCUT2D eigenvalue weighted by Crippen LogP contribution is 2.01. The van der Waals surface area contributed by atoms with Crippen LogP contribution < -0.4 is 0 Å². The number of rotatable bonds is 9. The van der Waals surface area contributed by atoms with Crippen LogP contribution in [0, 0.1) is 0 Å². The number of hydrogen-bond acceptors (Lipinski definition) is 11. The molecule has 0 aromatic rings. The molecule has 0 radical (unpaired) electrons. The number of nitrogens with zero attached hydrogens (tertiary/aromatic N) is 4. The smallest absolute Gasteiger partial charge is 0.317 e. The molecule has 14 nitrogen and oxygen atoms in total. The van der Waals surface area contributed by atoms with E-state index in [2.05, 4.69) is 0 Å². The molecule has 1 unspecified atom stereocenters. The molecule has 1 aliphatic heterocycles. The average Bonchev–Trinajstić information content (AvgIpc) is 2.78. The number of aliphatic carboxylic acids is 3. The molecule has 1 rings (SSSR count). The topological polar surface area (TPSA) is 181 Å². The molecule has 0 bridgehead atoms. The molecule has 0 aromatic carbocycles. The maximum Gasteiger partial charge on any atom is 0.317 e. The summed E-state index contributed by atoms with van der Waals surface area (Å²) in [5.41, 5.74) is 0. The molecule has 1 atom stereocenters. The van der Waals surface area contributed by atoms with E-state index in [1.54, 1.807) is 19.6 Å². The minimum atomic E-state index is -1.01. The predicted molar refractivity (Wildman–Crippen MR) is 122 cm³/mol. The molecule has 202 valence electrons. The standard InChI is InChI=1S/C21H38N4O10/c26-16-18(17-27)25-4-3-24(15-21(32)33)7-10-34-9-5-22(13-19(28)29)1-2-23(14-20(30)31)6-11-35-12-8-25/h16,18,27H,1-15,17H2,(H,28,29)(H,30,31)(H,32,33). The van der Waals surface area contributed by atoms with Gasteiger partial charge < -0.3 is 34.7 Å². The number of ether oxygens (including phenoxy) is 2. The zero-order valence-corrected chi connectivity index (χ0v) is 20.0. The van der Waals surface area contributed by atoms with Gasteiger partial charge in [0.25, 0.3) is 0 Å². The van der Waals surface area contributed by atoms with E-state index in [4.69, 9.17) is 9.47 Å². The van der Waals surface area contributed by atoms with Gasteiger partial charge in [-0.25, -0.2) is 0 Å². The number of aldehydes is 1. The van der Waals surface area contributed by atoms with Crippen molar-refractivity contribution in [2.24, 2.45) is 0 Å². The van der Waals surface area contributed by atoms with Crippen LogP contribution in [0.3, 0.4) is 0 Å². The summed E-state index contributed by atoms with van der Waals surface area (Å²) < 4.78 is 11.2. The molecule has 1 aliphatic rings. The largest absolute Gasteiger partial charge is 0.480 e. The number of aliphatic hydroxyl groups excluding tert-OH is 1. The van der Waals surface area contributed by atoms with Crippen LogP contribution in [-0.4, -0.2) is 175 Å². The van der Waals surface area contributed by atoms with Crippen molar-refractivity contribution in [1.29, 1.82) is 0 Å². The molecule has 0 amide bonds. The summed E-state index contributed by atoms with van der Waals surface area (Å²) in [6.07, 6.45) is 0.633. The summed E-state index contributed by atoms with van der Waals surface area (Å²) in [5, 5.41) is 37.1. The summed E-state index contributed by atoms with van der Waals surface area (Å²) >= 11 is 0. The van der Waals surface area contributed by atoms with Crippen molar-refractivity contribution in [3.05, 3.63) is 0 Å². The summed E-state index contributed by atoms with van der Waals surface area (Å²) in [5.74, 6) is -3.02. The lowest BCUT2D eigenvalue weighted by Gasteiger charge is -2.30. The number of carbonyl (C=O) groups excluding carboxylic acids is 1. The predicted octanol–water partition coefficient (Wildman–Crippen LogP) is -2.95. The van der Waals surface area contributed by atoms with E-state index in [-0.39, 0.29) is 52.7 Å². The zero-order chi connectivity index (χ0) is 26.1. The molecule has 35 heavy (non-hydrogen) atoms. The molecule has 4 N–H and O–H groups in total. The minimum Gasteiger partial charge on any atom is -0.480 e. The van der Waals surface area contributed by atoms with E-state index in [9.17, 15) is 39.6 Å². The van der Waals surface area contributed by atoms with Gasteiger partial charge in [0.1, 0.15) is 6.29 Å². The Labute approximate surface area is 204 Å². The van der Waals surface area contributed by atoms with Crippen LogP contribution in [0.15, 0.2) is 0 Å². The Morgan fingerprint density at radius 3 is 1.37 bits per heavy atom. The maximum atomic E-state index is 11.4. The number of aliphatic hydroxyl groups is 1. The molecule has 0 saturated carbocycles. The number of carboxylic acids is 3. The summed E-state index contributed by atoms with van der Waals surface area (Å²) in [7, 11) is 0. The fraction of sp³-hybridized carbons (Fsp3) is 0.810. The van der Waals surface area contributed by atoms with Gasteiger partial charge in [0.15, 0.2) is 0 Å². The molecule has 14 heteroatoms. The highest BCUT2D eigenvalue weighted by Gasteiger charge is 2.20. The Morgan fingerprint density at radius 1 is 0.657 bits per heavy atom. The van der Waals surface area contributed by atoms with Crippen LogP contribution in [0.25, 0.3) is 0 Å². The van der Waals surface area contributed by atoms with Crippen molar-refractivity contribution in [3.8, 4) is 0 Å². The fourth-order valence-electron chi connectivity index (χ4n) is 3.59. The Bertz CT molecular complexity index is 654. The van der Waals surface area contributed by atoms with Crippen LogP contribution in [-0.2, 0) is 28.7 Å². The summed E-state index contributed by atoms with van der Waals surface area (Å²) in [4.78, 5) is 51.8. The quantitative estimate of drug-likeness (QED) is 0.233. The van der Waals surface area contributed by atoms with Crippen LogP contribution in [0.1, 0.15) is 0 Å². The second-order valence-corrected chi connectivity index (χ2v) is 8.16. The lowest BCUT2D eigenvalue weighted by Crippen LogP contribution is -2.47. The third kappa shape index (κ3) is 14.7. The summed E-state index contributed by atoms with van der Waals surface area (Å²) in [6.45, 7) is 2.37. The van der Waals surface area contributed by atoms with Crippen molar-refractivity contribution in [2.75, 3.05) is 105 Å². The zero-order valence-electron chi connectivity index (χ0n) is 20.0. The van der Waals surface area contributed by atoms with E-state index in [1.165, 1.54) is 0 Å². The Balaban J connectivity index is 2.88. The van der Waals surface area contributed by atoms with Gasteiger partial charge >= 0.3 is 17.9 Å². The second kappa shape index (κ2) is 18.1. The van der Waals surface area contributed by atoms with Gasteiger partial charge in [-0.1, -0.05) is 0 Å². The fourth-order valence-corrected chi connectivity index (χ4v) is 3.59. The first-order valence-electron chi connectivity index (χ1n) is 11.5. The lowest BCUT2D eigenvalue weighted by molar-refractivity contribution is -0.140. The van der Waals surface area contributed by atoms with E-state index >= 15 is 0 Å². The van der Waals surface area contributed by atoms with Gasteiger partial charge in [0, 0.05) is 52.4 Å². The SMILES string of the molecule is O=CC(CO)N1CCOCCN(CC(=O)O)CCN(CC(=O)O)CCOCCN(CC(=O)O)CC1. The number of carboxylic acid groups (broad SMARTS) is 3. The molecule has 1 fully saturated rings. The normalized spacial score (nSPS) is 20.9. The minimum absolute atomic E-state index is 0.218. The molecule has 0 aliphatic carbocycles. The van der Waals surface area contributed by atoms with Crippen molar-refractivity contribution in [3.63, 3.8) is 0 Å². The van der Waals surface area contributed by atoms with Gasteiger partial charge in [-0.05, 0) is 0 Å². The average molecular weight is 507 g/mol. The van der Waals surface area contributed by atoms with E-state index < -0.39 is 23.9 Å².